The Balaban J connectivity index is 2.20. The molecule has 5 heteroatoms. The van der Waals surface area contributed by atoms with Crippen molar-refractivity contribution in [3.05, 3.63) is 23.9 Å². The van der Waals surface area contributed by atoms with Gasteiger partial charge in [0.05, 0.1) is 7.11 Å². The molecule has 1 aromatic heterocycles. The molecule has 1 aliphatic rings. The third kappa shape index (κ3) is 2.39. The lowest BCUT2D eigenvalue weighted by Gasteiger charge is -2.24. The lowest BCUT2D eigenvalue weighted by Crippen LogP contribution is -2.49. The molecule has 1 fully saturated rings. The molecule has 0 aromatic carbocycles. The van der Waals surface area contributed by atoms with Crippen LogP contribution in [0.25, 0.3) is 0 Å². The minimum absolute atomic E-state index is 0.388. The monoisotopic (exact) mass is 236 g/mol. The number of ether oxygens (including phenoxy) is 1. The molecule has 2 heterocycles. The van der Waals surface area contributed by atoms with Crippen LogP contribution in [0, 0.1) is 0 Å². The number of methoxy groups -OCH3 is 1. The summed E-state index contributed by atoms with van der Waals surface area (Å²) in [4.78, 5) is 15.6. The fourth-order valence-corrected chi connectivity index (χ4v) is 2.19. The van der Waals surface area contributed by atoms with E-state index in [4.69, 9.17) is 4.74 Å². The number of hydrogen-bond acceptors (Lipinski definition) is 4. The van der Waals surface area contributed by atoms with Crippen molar-refractivity contribution in [1.82, 2.24) is 10.3 Å². The standard InChI is InChI=1S/C12H16N2O3/c1-17-10-5-2-4-9(14-10)8-12(11(15)16)6-3-7-13-12/h2,4-5,13H,3,6-8H2,1H3,(H,15,16). The van der Waals surface area contributed by atoms with E-state index in [9.17, 15) is 9.90 Å². The SMILES string of the molecule is COc1cccc(CC2(C(=O)O)CCCN2)n1. The molecule has 92 valence electrons. The summed E-state index contributed by atoms with van der Waals surface area (Å²) in [6.45, 7) is 0.746. The van der Waals surface area contributed by atoms with Crippen LogP contribution in [0.5, 0.6) is 5.88 Å². The van der Waals surface area contributed by atoms with Crippen LogP contribution >= 0.6 is 0 Å². The van der Waals surface area contributed by atoms with Gasteiger partial charge in [0, 0.05) is 18.2 Å². The van der Waals surface area contributed by atoms with E-state index in [0.717, 1.165) is 18.7 Å². The molecule has 1 aromatic rings. The van der Waals surface area contributed by atoms with E-state index >= 15 is 0 Å². The fourth-order valence-electron chi connectivity index (χ4n) is 2.19. The molecule has 1 aliphatic heterocycles. The zero-order chi connectivity index (χ0) is 12.3. The minimum atomic E-state index is -0.862. The molecule has 5 nitrogen and oxygen atoms in total. The number of carboxylic acid groups (broad SMARTS) is 1. The van der Waals surface area contributed by atoms with Gasteiger partial charge in [-0.25, -0.2) is 4.98 Å². The molecule has 1 atom stereocenters. The van der Waals surface area contributed by atoms with Crippen LogP contribution in [0.15, 0.2) is 18.2 Å². The Morgan fingerprint density at radius 2 is 2.47 bits per heavy atom. The van der Waals surface area contributed by atoms with Crippen LogP contribution in [0.4, 0.5) is 0 Å². The van der Waals surface area contributed by atoms with Crippen LogP contribution in [0.3, 0.4) is 0 Å². The van der Waals surface area contributed by atoms with E-state index in [0.29, 0.717) is 18.7 Å². The maximum Gasteiger partial charge on any atom is 0.324 e. The van der Waals surface area contributed by atoms with Gasteiger partial charge in [0.2, 0.25) is 5.88 Å². The van der Waals surface area contributed by atoms with Crippen molar-refractivity contribution in [2.24, 2.45) is 0 Å². The van der Waals surface area contributed by atoms with Crippen LogP contribution in [0.1, 0.15) is 18.5 Å². The number of nitrogens with one attached hydrogen (secondary N) is 1. The smallest absolute Gasteiger partial charge is 0.324 e. The minimum Gasteiger partial charge on any atom is -0.481 e. The number of hydrogen-bond donors (Lipinski definition) is 2. The molecule has 2 N–H and O–H groups in total. The molecule has 0 amide bonds. The van der Waals surface area contributed by atoms with E-state index in [1.54, 1.807) is 13.2 Å². The van der Waals surface area contributed by atoms with Crippen LogP contribution < -0.4 is 10.1 Å². The Morgan fingerprint density at radius 3 is 3.06 bits per heavy atom. The Kier molecular flexibility index (Phi) is 3.28. The number of nitrogens with zero attached hydrogens (tertiary/aromatic N) is 1. The van der Waals surface area contributed by atoms with E-state index in [2.05, 4.69) is 10.3 Å². The predicted molar refractivity (Wildman–Crippen MR) is 62.1 cm³/mol. The maximum atomic E-state index is 11.4. The molecule has 17 heavy (non-hydrogen) atoms. The third-order valence-electron chi connectivity index (χ3n) is 3.13. The van der Waals surface area contributed by atoms with Gasteiger partial charge in [0.15, 0.2) is 0 Å². The quantitative estimate of drug-likeness (QED) is 0.810. The molecule has 1 saturated heterocycles. The highest BCUT2D eigenvalue weighted by Crippen LogP contribution is 2.24. The van der Waals surface area contributed by atoms with Gasteiger partial charge in [0.25, 0.3) is 0 Å². The first-order chi connectivity index (χ1) is 8.16. The van der Waals surface area contributed by atoms with Gasteiger partial charge < -0.3 is 15.2 Å². The van der Waals surface area contributed by atoms with Crippen molar-refractivity contribution in [1.29, 1.82) is 0 Å². The van der Waals surface area contributed by atoms with E-state index in [1.165, 1.54) is 0 Å². The second-order valence-electron chi connectivity index (χ2n) is 4.27. The van der Waals surface area contributed by atoms with Gasteiger partial charge in [-0.3, -0.25) is 4.79 Å². The molecule has 0 spiro atoms. The summed E-state index contributed by atoms with van der Waals surface area (Å²) in [6.07, 6.45) is 1.91. The van der Waals surface area contributed by atoms with Gasteiger partial charge in [-0.05, 0) is 25.5 Å². The van der Waals surface area contributed by atoms with Crippen LogP contribution in [-0.2, 0) is 11.2 Å². The van der Waals surface area contributed by atoms with E-state index in [1.807, 2.05) is 12.1 Å². The first kappa shape index (κ1) is 11.9. The normalized spacial score (nSPS) is 23.6. The molecule has 2 rings (SSSR count). The van der Waals surface area contributed by atoms with E-state index in [-0.39, 0.29) is 0 Å². The Hall–Kier alpha value is -1.62. The van der Waals surface area contributed by atoms with Gasteiger partial charge in [-0.15, -0.1) is 0 Å². The Labute approximate surface area is 99.8 Å². The number of rotatable bonds is 4. The van der Waals surface area contributed by atoms with Crippen molar-refractivity contribution in [3.8, 4) is 5.88 Å². The molecule has 0 aliphatic carbocycles. The average Bonchev–Trinajstić information content (AvgIpc) is 2.79. The van der Waals surface area contributed by atoms with Crippen molar-refractivity contribution in [2.45, 2.75) is 24.8 Å². The van der Waals surface area contributed by atoms with Crippen molar-refractivity contribution in [3.63, 3.8) is 0 Å². The summed E-state index contributed by atoms with van der Waals surface area (Å²) in [7, 11) is 1.55. The van der Waals surface area contributed by atoms with Gasteiger partial charge in [-0.1, -0.05) is 6.07 Å². The maximum absolute atomic E-state index is 11.4. The lowest BCUT2D eigenvalue weighted by atomic mass is 9.91. The molecule has 0 saturated carbocycles. The first-order valence-electron chi connectivity index (χ1n) is 5.65. The highest BCUT2D eigenvalue weighted by atomic mass is 16.5. The predicted octanol–water partition coefficient (Wildman–Crippen LogP) is 0.839. The summed E-state index contributed by atoms with van der Waals surface area (Å²) in [5.41, 5.74) is -0.125. The highest BCUT2D eigenvalue weighted by molar-refractivity contribution is 5.79. The van der Waals surface area contributed by atoms with Crippen LogP contribution in [0.2, 0.25) is 0 Å². The largest absolute Gasteiger partial charge is 0.481 e. The zero-order valence-corrected chi connectivity index (χ0v) is 9.77. The number of carboxylic acids is 1. The highest BCUT2D eigenvalue weighted by Gasteiger charge is 2.41. The van der Waals surface area contributed by atoms with Gasteiger partial charge in [0.1, 0.15) is 5.54 Å². The number of pyridine rings is 1. The van der Waals surface area contributed by atoms with Crippen molar-refractivity contribution >= 4 is 5.97 Å². The Bertz CT molecular complexity index is 414. The summed E-state index contributed by atoms with van der Waals surface area (Å²) in [5.74, 6) is -0.291. The topological polar surface area (TPSA) is 71.5 Å². The number of carbonyl (C=O) groups is 1. The molecular weight excluding hydrogens is 220 g/mol. The molecular formula is C12H16N2O3. The number of aromatic nitrogens is 1. The summed E-state index contributed by atoms with van der Waals surface area (Å²) >= 11 is 0. The first-order valence-corrected chi connectivity index (χ1v) is 5.65. The Morgan fingerprint density at radius 1 is 1.65 bits per heavy atom. The zero-order valence-electron chi connectivity index (χ0n) is 9.77. The molecule has 0 radical (unpaired) electrons. The fraction of sp³-hybridized carbons (Fsp3) is 0.500. The second-order valence-corrected chi connectivity index (χ2v) is 4.27. The summed E-state index contributed by atoms with van der Waals surface area (Å²) in [5, 5.41) is 12.4. The van der Waals surface area contributed by atoms with Gasteiger partial charge in [-0.2, -0.15) is 0 Å². The van der Waals surface area contributed by atoms with Crippen molar-refractivity contribution in [2.75, 3.05) is 13.7 Å². The third-order valence-corrected chi connectivity index (χ3v) is 3.13. The van der Waals surface area contributed by atoms with Gasteiger partial charge >= 0.3 is 5.97 Å². The summed E-state index contributed by atoms with van der Waals surface area (Å²) in [6, 6.07) is 5.40. The molecule has 1 unspecified atom stereocenters. The number of aliphatic carboxylic acids is 1. The average molecular weight is 236 g/mol. The second kappa shape index (κ2) is 4.71. The molecule has 0 bridgehead atoms. The summed E-state index contributed by atoms with van der Waals surface area (Å²) < 4.78 is 5.03. The van der Waals surface area contributed by atoms with Crippen molar-refractivity contribution < 1.29 is 14.6 Å². The van der Waals surface area contributed by atoms with Crippen LogP contribution in [-0.4, -0.2) is 35.3 Å². The van der Waals surface area contributed by atoms with E-state index < -0.39 is 11.5 Å². The lowest BCUT2D eigenvalue weighted by molar-refractivity contribution is -0.144.